The smallest absolute Gasteiger partial charge is 0.416 e. The lowest BCUT2D eigenvalue weighted by Gasteiger charge is -2.30. The van der Waals surface area contributed by atoms with Gasteiger partial charge in [0, 0.05) is 12.6 Å². The van der Waals surface area contributed by atoms with Crippen LogP contribution in [0.25, 0.3) is 11.6 Å². The number of anilines is 1. The summed E-state index contributed by atoms with van der Waals surface area (Å²) in [6, 6.07) is -0.0258. The van der Waals surface area contributed by atoms with E-state index in [1.165, 1.54) is 4.90 Å². The first kappa shape index (κ1) is 25.7. The van der Waals surface area contributed by atoms with Crippen LogP contribution in [0, 0.1) is 0 Å². The topological polar surface area (TPSA) is 118 Å². The van der Waals surface area contributed by atoms with E-state index in [1.54, 1.807) is 13.8 Å². The van der Waals surface area contributed by atoms with E-state index in [0.717, 1.165) is 0 Å². The molecule has 2 aromatic rings. The zero-order chi connectivity index (χ0) is 25.5. The molecule has 2 atom stereocenters. The van der Waals surface area contributed by atoms with Crippen LogP contribution in [0.2, 0.25) is 0 Å². The van der Waals surface area contributed by atoms with Crippen molar-refractivity contribution in [2.24, 2.45) is 0 Å². The molecule has 188 valence electrons. The second kappa shape index (κ2) is 9.04. The number of aromatic nitrogens is 3. The summed E-state index contributed by atoms with van der Waals surface area (Å²) in [7, 11) is 0. The minimum Gasteiger partial charge on any atom is -0.416 e. The Balaban J connectivity index is 2.26. The number of hydrogen-bond acceptors (Lipinski definition) is 7. The zero-order valence-corrected chi connectivity index (χ0v) is 18.3. The lowest BCUT2D eigenvalue weighted by atomic mass is 9.95. The number of carbonyl (C=O) groups is 1. The summed E-state index contributed by atoms with van der Waals surface area (Å²) in [6.07, 6.45) is -10.3. The molecule has 0 radical (unpaired) electrons. The van der Waals surface area contributed by atoms with Gasteiger partial charge in [0.2, 0.25) is 5.60 Å². The Morgan fingerprint density at radius 1 is 1.18 bits per heavy atom. The number of rotatable bonds is 2. The molecule has 2 aromatic heterocycles. The second-order valence-corrected chi connectivity index (χ2v) is 8.16. The van der Waals surface area contributed by atoms with Gasteiger partial charge in [0.15, 0.2) is 5.69 Å². The molecule has 0 aliphatic carbocycles. The molecule has 0 aromatic carbocycles. The van der Waals surface area contributed by atoms with Crippen molar-refractivity contribution in [2.45, 2.75) is 69.9 Å². The van der Waals surface area contributed by atoms with Gasteiger partial charge >= 0.3 is 12.4 Å². The van der Waals surface area contributed by atoms with Crippen LogP contribution >= 0.6 is 0 Å². The van der Waals surface area contributed by atoms with Crippen molar-refractivity contribution in [3.05, 3.63) is 23.2 Å². The molecule has 4 bridgehead atoms. The zero-order valence-electron chi connectivity index (χ0n) is 18.3. The van der Waals surface area contributed by atoms with Gasteiger partial charge in [-0.05, 0) is 38.7 Å². The normalized spacial score (nSPS) is 21.3. The molecule has 0 saturated carbocycles. The lowest BCUT2D eigenvalue weighted by Crippen LogP contribution is -2.43. The molecule has 0 saturated heterocycles. The minimum atomic E-state index is -5.17. The second-order valence-electron chi connectivity index (χ2n) is 8.16. The number of aliphatic hydroxyl groups is 1. The lowest BCUT2D eigenvalue weighted by molar-refractivity contribution is -0.277. The first-order valence-corrected chi connectivity index (χ1v) is 10.5. The molecule has 3 N–H and O–H groups in total. The Morgan fingerprint density at radius 2 is 1.85 bits per heavy atom. The van der Waals surface area contributed by atoms with Gasteiger partial charge in [-0.15, -0.1) is 10.2 Å². The van der Waals surface area contributed by atoms with Crippen molar-refractivity contribution in [2.75, 3.05) is 12.3 Å². The minimum absolute atomic E-state index is 0.0185. The largest absolute Gasteiger partial charge is 0.426 e. The maximum absolute atomic E-state index is 13.7. The Labute approximate surface area is 190 Å². The molecule has 8 nitrogen and oxygen atoms in total. The average Bonchev–Trinajstić information content (AvgIpc) is 3.23. The number of nitrogens with zero attached hydrogens (tertiary/aromatic N) is 4. The van der Waals surface area contributed by atoms with Crippen molar-refractivity contribution in [3.63, 3.8) is 0 Å². The van der Waals surface area contributed by atoms with E-state index in [4.69, 9.17) is 10.2 Å². The average molecular weight is 495 g/mol. The third-order valence-electron chi connectivity index (χ3n) is 5.83. The number of pyridine rings is 1. The molecule has 0 fully saturated rings. The van der Waals surface area contributed by atoms with Crippen molar-refractivity contribution in [1.82, 2.24) is 20.1 Å². The number of hydrogen-bond donors (Lipinski definition) is 2. The molecular weight excluding hydrogens is 472 g/mol. The Morgan fingerprint density at radius 3 is 2.44 bits per heavy atom. The number of carbonyl (C=O) groups excluding carboxylic acids is 1. The Hall–Kier alpha value is -2.90. The molecule has 3 rings (SSSR count). The third kappa shape index (κ3) is 4.68. The molecular formula is C20H23F6N5O3. The van der Waals surface area contributed by atoms with Gasteiger partial charge in [-0.1, -0.05) is 13.3 Å². The van der Waals surface area contributed by atoms with Gasteiger partial charge < -0.3 is 20.2 Å². The van der Waals surface area contributed by atoms with Gasteiger partial charge in [-0.2, -0.15) is 26.3 Å². The van der Waals surface area contributed by atoms with Crippen LogP contribution in [0.1, 0.15) is 67.9 Å². The number of amides is 1. The molecule has 1 aliphatic heterocycles. The van der Waals surface area contributed by atoms with E-state index in [9.17, 15) is 36.2 Å². The molecule has 1 amide bonds. The summed E-state index contributed by atoms with van der Waals surface area (Å²) < 4.78 is 87.4. The van der Waals surface area contributed by atoms with Gasteiger partial charge in [-0.3, -0.25) is 4.79 Å². The van der Waals surface area contributed by atoms with E-state index in [1.807, 2.05) is 0 Å². The summed E-state index contributed by atoms with van der Waals surface area (Å²) in [5, 5.41) is 17.1. The molecule has 14 heteroatoms. The van der Waals surface area contributed by atoms with Crippen molar-refractivity contribution < 1.29 is 40.7 Å². The first-order chi connectivity index (χ1) is 15.7. The molecule has 0 spiro atoms. The fraction of sp³-hybridized carbons (Fsp3) is 0.600. The van der Waals surface area contributed by atoms with Crippen molar-refractivity contribution in [1.29, 1.82) is 0 Å². The number of fused-ring (bicyclic) bond motifs is 5. The number of alkyl halides is 6. The van der Waals surface area contributed by atoms with Crippen molar-refractivity contribution in [3.8, 4) is 11.6 Å². The quantitative estimate of drug-likeness (QED) is 0.597. The molecule has 0 unspecified atom stereocenters. The predicted octanol–water partition coefficient (Wildman–Crippen LogP) is 4.30. The van der Waals surface area contributed by atoms with E-state index >= 15 is 0 Å². The summed E-state index contributed by atoms with van der Waals surface area (Å²) >= 11 is 0. The van der Waals surface area contributed by atoms with Crippen molar-refractivity contribution >= 4 is 11.6 Å². The van der Waals surface area contributed by atoms with E-state index in [2.05, 4.69) is 15.2 Å². The highest BCUT2D eigenvalue weighted by atomic mass is 19.4. The summed E-state index contributed by atoms with van der Waals surface area (Å²) in [5.74, 6) is -2.96. The number of nitrogens with two attached hydrogens (primary N) is 1. The first-order valence-electron chi connectivity index (χ1n) is 10.5. The standard InChI is InChI=1S/C20H23F6N5O3/c1-3-10(2)31-8-6-4-5-7-18(33,20(24,25)26)17-30-29-15(34-17)14-12(27)9-11(19(21,22)23)13(28-14)16(31)32/h9-10,33H,3-8,27H2,1-2H3/t10-,18-/m1/s1. The van der Waals surface area contributed by atoms with Gasteiger partial charge in [0.25, 0.3) is 17.7 Å². The highest BCUT2D eigenvalue weighted by Gasteiger charge is 2.58. The fourth-order valence-corrected chi connectivity index (χ4v) is 3.65. The Bertz CT molecular complexity index is 1050. The molecule has 3 heterocycles. The van der Waals surface area contributed by atoms with Crippen LogP contribution in [-0.2, 0) is 11.8 Å². The SMILES string of the molecule is CC[C@@H](C)N1CCCCC[C@](O)(C(F)(F)F)c2nnc(o2)-c2nc(c(C(F)(F)F)cc2N)C1=O. The van der Waals surface area contributed by atoms with Crippen LogP contribution in [0.5, 0.6) is 0 Å². The van der Waals surface area contributed by atoms with Crippen LogP contribution in [0.15, 0.2) is 10.5 Å². The number of nitrogen functional groups attached to an aromatic ring is 1. The third-order valence-corrected chi connectivity index (χ3v) is 5.83. The highest BCUT2D eigenvalue weighted by Crippen LogP contribution is 2.43. The van der Waals surface area contributed by atoms with E-state index in [-0.39, 0.29) is 25.8 Å². The number of halogens is 6. The monoisotopic (exact) mass is 495 g/mol. The van der Waals surface area contributed by atoms with Crippen LogP contribution in [-0.4, -0.2) is 49.9 Å². The van der Waals surface area contributed by atoms with E-state index < -0.39 is 70.7 Å². The van der Waals surface area contributed by atoms with Gasteiger partial charge in [0.05, 0.1) is 11.3 Å². The van der Waals surface area contributed by atoms with Crippen LogP contribution in [0.3, 0.4) is 0 Å². The van der Waals surface area contributed by atoms with Gasteiger partial charge in [0.1, 0.15) is 5.69 Å². The maximum Gasteiger partial charge on any atom is 0.426 e. The predicted molar refractivity (Wildman–Crippen MR) is 106 cm³/mol. The summed E-state index contributed by atoms with van der Waals surface area (Å²) in [4.78, 5) is 18.2. The fourth-order valence-electron chi connectivity index (χ4n) is 3.65. The summed E-state index contributed by atoms with van der Waals surface area (Å²) in [6.45, 7) is 3.35. The molecule has 34 heavy (non-hydrogen) atoms. The molecule has 1 aliphatic rings. The summed E-state index contributed by atoms with van der Waals surface area (Å²) in [5.41, 5.74) is -1.41. The Kier molecular flexibility index (Phi) is 6.84. The maximum atomic E-state index is 13.7. The van der Waals surface area contributed by atoms with Gasteiger partial charge in [-0.25, -0.2) is 4.98 Å². The van der Waals surface area contributed by atoms with Crippen LogP contribution in [0.4, 0.5) is 32.0 Å². The van der Waals surface area contributed by atoms with E-state index in [0.29, 0.717) is 12.5 Å². The highest BCUT2D eigenvalue weighted by molar-refractivity contribution is 5.95. The van der Waals surface area contributed by atoms with Crippen LogP contribution < -0.4 is 5.73 Å².